The van der Waals surface area contributed by atoms with Crippen molar-refractivity contribution in [1.82, 2.24) is 0 Å². The molecule has 0 bridgehead atoms. The average Bonchev–Trinajstić information content (AvgIpc) is 2.41. The molecule has 1 amide bonds. The zero-order chi connectivity index (χ0) is 13.9. The van der Waals surface area contributed by atoms with Crippen LogP contribution in [0.1, 0.15) is 19.3 Å². The van der Waals surface area contributed by atoms with Crippen LogP contribution in [0.4, 0.5) is 5.69 Å². The summed E-state index contributed by atoms with van der Waals surface area (Å²) in [6.45, 7) is 0. The van der Waals surface area contributed by atoms with E-state index in [1.807, 2.05) is 30.3 Å². The average molecular weight is 281 g/mol. The normalized spacial score (nSPS) is 19.0. The van der Waals surface area contributed by atoms with E-state index in [-0.39, 0.29) is 23.3 Å². The van der Waals surface area contributed by atoms with Crippen molar-refractivity contribution < 1.29 is 13.2 Å². The highest BCUT2D eigenvalue weighted by Crippen LogP contribution is 2.23. The molecule has 0 atom stereocenters. The van der Waals surface area contributed by atoms with Gasteiger partial charge in [0.15, 0.2) is 0 Å². The molecule has 19 heavy (non-hydrogen) atoms. The molecule has 0 aliphatic carbocycles. The summed E-state index contributed by atoms with van der Waals surface area (Å²) in [5, 5.41) is 0. The van der Waals surface area contributed by atoms with E-state index < -0.39 is 9.84 Å². The summed E-state index contributed by atoms with van der Waals surface area (Å²) in [4.78, 5) is 13.8. The van der Waals surface area contributed by atoms with Crippen LogP contribution in [-0.4, -0.2) is 32.9 Å². The maximum atomic E-state index is 12.1. The summed E-state index contributed by atoms with van der Waals surface area (Å²) in [5.41, 5.74) is 0.871. The Morgan fingerprint density at radius 1 is 1.21 bits per heavy atom. The molecule has 1 aromatic carbocycles. The van der Waals surface area contributed by atoms with Crippen molar-refractivity contribution in [2.24, 2.45) is 5.92 Å². The highest BCUT2D eigenvalue weighted by molar-refractivity contribution is 7.91. The van der Waals surface area contributed by atoms with Crippen LogP contribution >= 0.6 is 0 Å². The standard InChI is InChI=1S/C14H19NO3S/c1-15(13-5-3-2-4-6-13)14(16)11-12-7-9-19(17,18)10-8-12/h2-6,12H,7-11H2,1H3. The van der Waals surface area contributed by atoms with E-state index in [0.29, 0.717) is 19.3 Å². The second kappa shape index (κ2) is 5.74. The van der Waals surface area contributed by atoms with Crippen LogP contribution in [-0.2, 0) is 14.6 Å². The van der Waals surface area contributed by atoms with E-state index in [9.17, 15) is 13.2 Å². The molecule has 1 aliphatic rings. The number of amides is 1. The first-order valence-corrected chi connectivity index (χ1v) is 8.32. The summed E-state index contributed by atoms with van der Waals surface area (Å²) in [6.07, 6.45) is 1.65. The summed E-state index contributed by atoms with van der Waals surface area (Å²) >= 11 is 0. The van der Waals surface area contributed by atoms with Crippen molar-refractivity contribution in [3.8, 4) is 0 Å². The Labute approximate surface area is 114 Å². The molecule has 0 spiro atoms. The van der Waals surface area contributed by atoms with Gasteiger partial charge in [0.25, 0.3) is 0 Å². The summed E-state index contributed by atoms with van der Waals surface area (Å²) in [5.74, 6) is 0.692. The fourth-order valence-corrected chi connectivity index (χ4v) is 3.91. The van der Waals surface area contributed by atoms with Crippen LogP contribution < -0.4 is 4.90 Å². The minimum absolute atomic E-state index is 0.0514. The quantitative estimate of drug-likeness (QED) is 0.850. The van der Waals surface area contributed by atoms with Crippen LogP contribution in [0.5, 0.6) is 0 Å². The van der Waals surface area contributed by atoms with Crippen molar-refractivity contribution in [3.63, 3.8) is 0 Å². The van der Waals surface area contributed by atoms with E-state index in [0.717, 1.165) is 5.69 Å². The number of carbonyl (C=O) groups is 1. The van der Waals surface area contributed by atoms with Crippen molar-refractivity contribution in [2.45, 2.75) is 19.3 Å². The van der Waals surface area contributed by atoms with Gasteiger partial charge in [-0.15, -0.1) is 0 Å². The molecule has 104 valence electrons. The highest BCUT2D eigenvalue weighted by Gasteiger charge is 2.26. The van der Waals surface area contributed by atoms with Gasteiger partial charge < -0.3 is 4.90 Å². The molecule has 1 aliphatic heterocycles. The van der Waals surface area contributed by atoms with Crippen LogP contribution in [0, 0.1) is 5.92 Å². The zero-order valence-electron chi connectivity index (χ0n) is 11.1. The SMILES string of the molecule is CN(C(=O)CC1CCS(=O)(=O)CC1)c1ccccc1. The van der Waals surface area contributed by atoms with Gasteiger partial charge in [-0.2, -0.15) is 0 Å². The van der Waals surface area contributed by atoms with Crippen molar-refractivity contribution in [1.29, 1.82) is 0 Å². The van der Waals surface area contributed by atoms with Crippen LogP contribution in [0.25, 0.3) is 0 Å². The molecular weight excluding hydrogens is 262 g/mol. The maximum Gasteiger partial charge on any atom is 0.226 e. The van der Waals surface area contributed by atoms with E-state index in [4.69, 9.17) is 0 Å². The molecule has 1 heterocycles. The molecule has 0 N–H and O–H groups in total. The Balaban J connectivity index is 1.92. The molecule has 1 fully saturated rings. The van der Waals surface area contributed by atoms with Crippen molar-refractivity contribution >= 4 is 21.4 Å². The monoisotopic (exact) mass is 281 g/mol. The Hall–Kier alpha value is -1.36. The van der Waals surface area contributed by atoms with Crippen LogP contribution in [0.15, 0.2) is 30.3 Å². The molecule has 0 aromatic heterocycles. The number of benzene rings is 1. The zero-order valence-corrected chi connectivity index (χ0v) is 11.9. The van der Waals surface area contributed by atoms with Gasteiger partial charge in [-0.25, -0.2) is 8.42 Å². The topological polar surface area (TPSA) is 54.5 Å². The largest absolute Gasteiger partial charge is 0.315 e. The van der Waals surface area contributed by atoms with Gasteiger partial charge in [-0.05, 0) is 30.9 Å². The minimum atomic E-state index is -2.85. The summed E-state index contributed by atoms with van der Waals surface area (Å²) in [7, 11) is -1.09. The number of para-hydroxylation sites is 1. The Morgan fingerprint density at radius 2 is 1.79 bits per heavy atom. The predicted octanol–water partition coefficient (Wildman–Crippen LogP) is 1.86. The van der Waals surface area contributed by atoms with Gasteiger partial charge in [-0.3, -0.25) is 4.79 Å². The van der Waals surface area contributed by atoms with Gasteiger partial charge in [-0.1, -0.05) is 18.2 Å². The second-order valence-corrected chi connectivity index (χ2v) is 7.39. The lowest BCUT2D eigenvalue weighted by Gasteiger charge is -2.24. The molecule has 0 radical (unpaired) electrons. The minimum Gasteiger partial charge on any atom is -0.315 e. The number of anilines is 1. The number of rotatable bonds is 3. The van der Waals surface area contributed by atoms with Crippen LogP contribution in [0.3, 0.4) is 0 Å². The van der Waals surface area contributed by atoms with E-state index in [1.54, 1.807) is 11.9 Å². The molecule has 2 rings (SSSR count). The Bertz CT molecular complexity index is 525. The van der Waals surface area contributed by atoms with Crippen molar-refractivity contribution in [2.75, 3.05) is 23.5 Å². The number of nitrogens with zero attached hydrogens (tertiary/aromatic N) is 1. The van der Waals surface area contributed by atoms with E-state index in [1.165, 1.54) is 0 Å². The molecule has 4 nitrogen and oxygen atoms in total. The summed E-state index contributed by atoms with van der Waals surface area (Å²) in [6, 6.07) is 9.48. The van der Waals surface area contributed by atoms with Gasteiger partial charge in [0.1, 0.15) is 9.84 Å². The smallest absolute Gasteiger partial charge is 0.226 e. The fourth-order valence-electron chi connectivity index (χ4n) is 2.32. The maximum absolute atomic E-state index is 12.1. The first kappa shape index (κ1) is 14.1. The highest BCUT2D eigenvalue weighted by atomic mass is 32.2. The third-order valence-corrected chi connectivity index (χ3v) is 5.37. The fraction of sp³-hybridized carbons (Fsp3) is 0.500. The second-order valence-electron chi connectivity index (χ2n) is 5.09. The third-order valence-electron chi connectivity index (χ3n) is 3.66. The van der Waals surface area contributed by atoms with Gasteiger partial charge in [0.05, 0.1) is 11.5 Å². The summed E-state index contributed by atoms with van der Waals surface area (Å²) < 4.78 is 22.7. The predicted molar refractivity (Wildman–Crippen MR) is 75.8 cm³/mol. The molecule has 0 unspecified atom stereocenters. The number of hydrogen-bond donors (Lipinski definition) is 0. The third kappa shape index (κ3) is 3.80. The molecule has 5 heteroatoms. The lowest BCUT2D eigenvalue weighted by Crippen LogP contribution is -2.31. The van der Waals surface area contributed by atoms with Crippen molar-refractivity contribution in [3.05, 3.63) is 30.3 Å². The molecule has 0 saturated carbocycles. The lowest BCUT2D eigenvalue weighted by atomic mass is 9.98. The molecular formula is C14H19NO3S. The first-order chi connectivity index (χ1) is 8.98. The Kier molecular flexibility index (Phi) is 4.24. The van der Waals surface area contributed by atoms with Gasteiger partial charge in [0.2, 0.25) is 5.91 Å². The molecule has 1 saturated heterocycles. The van der Waals surface area contributed by atoms with Crippen LogP contribution in [0.2, 0.25) is 0 Å². The van der Waals surface area contributed by atoms with E-state index in [2.05, 4.69) is 0 Å². The molecule has 1 aromatic rings. The van der Waals surface area contributed by atoms with Gasteiger partial charge >= 0.3 is 0 Å². The van der Waals surface area contributed by atoms with Gasteiger partial charge in [0, 0.05) is 19.2 Å². The lowest BCUT2D eigenvalue weighted by molar-refractivity contribution is -0.119. The number of carbonyl (C=O) groups excluding carboxylic acids is 1. The van der Waals surface area contributed by atoms with E-state index >= 15 is 0 Å². The first-order valence-electron chi connectivity index (χ1n) is 6.50. The Morgan fingerprint density at radius 3 is 2.37 bits per heavy atom. The number of hydrogen-bond acceptors (Lipinski definition) is 3. The number of sulfone groups is 1.